The van der Waals surface area contributed by atoms with Crippen LogP contribution in [0.2, 0.25) is 0 Å². The number of anilines is 1. The molecule has 166 valence electrons. The maximum atomic E-state index is 12.6. The van der Waals surface area contributed by atoms with Gasteiger partial charge in [-0.2, -0.15) is 0 Å². The van der Waals surface area contributed by atoms with E-state index in [1.165, 1.54) is 5.38 Å². The summed E-state index contributed by atoms with van der Waals surface area (Å²) in [5, 5.41) is 14.7. The third-order valence-electron chi connectivity index (χ3n) is 3.85. The van der Waals surface area contributed by atoms with Gasteiger partial charge in [0.05, 0.1) is 0 Å². The Morgan fingerprint density at radius 1 is 1.26 bits per heavy atom. The van der Waals surface area contributed by atoms with Crippen molar-refractivity contribution in [3.8, 4) is 11.5 Å². The van der Waals surface area contributed by atoms with Gasteiger partial charge in [0.15, 0.2) is 16.6 Å². The second-order valence-corrected chi connectivity index (χ2v) is 9.02. The second-order valence-electron chi connectivity index (χ2n) is 8.13. The van der Waals surface area contributed by atoms with E-state index in [4.69, 9.17) is 24.8 Å². The quantitative estimate of drug-likeness (QED) is 0.386. The van der Waals surface area contributed by atoms with Crippen molar-refractivity contribution < 1.29 is 33.7 Å². The van der Waals surface area contributed by atoms with Crippen molar-refractivity contribution in [1.29, 1.82) is 0 Å². The number of carbonyl (C=O) groups excluding carboxylic acids is 1. The Hall–Kier alpha value is -3.34. The van der Waals surface area contributed by atoms with E-state index in [0.29, 0.717) is 11.3 Å². The Labute approximate surface area is 182 Å². The largest absolute Gasteiger partial charge is 0.476 e. The highest BCUT2D eigenvalue weighted by molar-refractivity contribution is 7.13. The van der Waals surface area contributed by atoms with Crippen LogP contribution in [0.3, 0.4) is 0 Å². The molecule has 0 fully saturated rings. The second kappa shape index (κ2) is 8.06. The summed E-state index contributed by atoms with van der Waals surface area (Å²) in [5.41, 5.74) is 5.32. The van der Waals surface area contributed by atoms with Gasteiger partial charge in [0.25, 0.3) is 0 Å². The van der Waals surface area contributed by atoms with Crippen LogP contribution in [0.5, 0.6) is 11.5 Å². The number of fused-ring (bicyclic) bond motifs is 1. The zero-order chi connectivity index (χ0) is 23.0. The number of nitrogens with two attached hydrogens (primary N) is 1. The molecule has 0 unspecified atom stereocenters. The number of carboxylic acid groups (broad SMARTS) is 1. The molecule has 0 saturated carbocycles. The molecule has 1 aromatic heterocycles. The van der Waals surface area contributed by atoms with Crippen LogP contribution in [0, 0.1) is 0 Å². The van der Waals surface area contributed by atoms with Gasteiger partial charge in [0, 0.05) is 24.8 Å². The van der Waals surface area contributed by atoms with Gasteiger partial charge < -0.3 is 29.9 Å². The van der Waals surface area contributed by atoms with E-state index in [1.54, 1.807) is 46.8 Å². The third-order valence-corrected chi connectivity index (χ3v) is 4.53. The molecule has 1 aliphatic heterocycles. The average molecular weight is 449 g/mol. The first-order valence-corrected chi connectivity index (χ1v) is 10.2. The number of esters is 1. The van der Waals surface area contributed by atoms with E-state index in [2.05, 4.69) is 10.1 Å². The summed E-state index contributed by atoms with van der Waals surface area (Å²) in [4.78, 5) is 33.2. The van der Waals surface area contributed by atoms with Gasteiger partial charge >= 0.3 is 11.9 Å². The van der Waals surface area contributed by atoms with Crippen LogP contribution in [0.15, 0.2) is 22.7 Å². The number of aromatic nitrogens is 1. The molecule has 3 N–H and O–H groups in total. The van der Waals surface area contributed by atoms with Crippen molar-refractivity contribution in [2.45, 2.75) is 52.6 Å². The number of nitrogens with zero attached hydrogens (tertiary/aromatic N) is 2. The number of aliphatic carboxylic acids is 1. The lowest BCUT2D eigenvalue weighted by molar-refractivity contribution is -0.129. The van der Waals surface area contributed by atoms with Gasteiger partial charge in [0.1, 0.15) is 23.5 Å². The molecule has 1 aromatic carbocycles. The molecule has 0 spiro atoms. The van der Waals surface area contributed by atoms with E-state index in [9.17, 15) is 14.7 Å². The van der Waals surface area contributed by atoms with Crippen LogP contribution >= 0.6 is 11.3 Å². The van der Waals surface area contributed by atoms with E-state index in [0.717, 1.165) is 11.3 Å². The Balaban J connectivity index is 1.87. The van der Waals surface area contributed by atoms with Gasteiger partial charge in [-0.3, -0.25) is 0 Å². The Bertz CT molecular complexity index is 1050. The molecule has 2 heterocycles. The van der Waals surface area contributed by atoms with Gasteiger partial charge in [0.2, 0.25) is 11.5 Å². The minimum atomic E-state index is -1.31. The maximum absolute atomic E-state index is 12.6. The highest BCUT2D eigenvalue weighted by Crippen LogP contribution is 2.45. The lowest BCUT2D eigenvalue weighted by atomic mass is 10.1. The summed E-state index contributed by atoms with van der Waals surface area (Å²) in [6, 6.07) is 3.15. The summed E-state index contributed by atoms with van der Waals surface area (Å²) >= 11 is 1.09. The van der Waals surface area contributed by atoms with Gasteiger partial charge in [-0.15, -0.1) is 11.3 Å². The van der Waals surface area contributed by atoms with Crippen LogP contribution in [0.4, 0.5) is 5.13 Å². The van der Waals surface area contributed by atoms with Crippen molar-refractivity contribution in [2.75, 3.05) is 5.73 Å². The highest BCUT2D eigenvalue weighted by Gasteiger charge is 2.38. The fourth-order valence-electron chi connectivity index (χ4n) is 2.69. The molecule has 0 bridgehead atoms. The van der Waals surface area contributed by atoms with Crippen molar-refractivity contribution in [1.82, 2.24) is 4.98 Å². The van der Waals surface area contributed by atoms with Crippen LogP contribution < -0.4 is 15.2 Å². The molecule has 10 nitrogen and oxygen atoms in total. The molecule has 0 saturated heterocycles. The molecule has 0 atom stereocenters. The number of hydrogen-bond acceptors (Lipinski definition) is 10. The van der Waals surface area contributed by atoms with Crippen molar-refractivity contribution in [3.05, 3.63) is 34.3 Å². The minimum Gasteiger partial charge on any atom is -0.476 e. The third kappa shape index (κ3) is 5.23. The molecule has 3 rings (SSSR count). The number of carboxylic acids is 1. The summed E-state index contributed by atoms with van der Waals surface area (Å²) < 4.78 is 17.1. The molecule has 11 heteroatoms. The first-order valence-electron chi connectivity index (χ1n) is 9.28. The number of nitrogen functional groups attached to an aromatic ring is 1. The molecule has 0 aliphatic carbocycles. The molecule has 31 heavy (non-hydrogen) atoms. The highest BCUT2D eigenvalue weighted by atomic mass is 32.1. The summed E-state index contributed by atoms with van der Waals surface area (Å²) in [6.45, 7) is 8.56. The summed E-state index contributed by atoms with van der Waals surface area (Å²) in [6.07, 6.45) is 0. The minimum absolute atomic E-state index is 0.0984. The van der Waals surface area contributed by atoms with Crippen molar-refractivity contribution in [3.63, 3.8) is 0 Å². The lowest BCUT2D eigenvalue weighted by Gasteiger charge is -2.20. The molecule has 0 amide bonds. The van der Waals surface area contributed by atoms with Crippen LogP contribution in [0.1, 0.15) is 56.2 Å². The van der Waals surface area contributed by atoms with Crippen LogP contribution in [-0.2, 0) is 21.0 Å². The number of hydrogen-bond donors (Lipinski definition) is 2. The molecular formula is C20H23N3O7S. The van der Waals surface area contributed by atoms with Gasteiger partial charge in [-0.1, -0.05) is 11.2 Å². The smallest absolute Gasteiger partial charge is 0.360 e. The molecule has 2 aromatic rings. The van der Waals surface area contributed by atoms with E-state index < -0.39 is 23.3 Å². The fourth-order valence-corrected chi connectivity index (χ4v) is 3.24. The predicted molar refractivity (Wildman–Crippen MR) is 112 cm³/mol. The lowest BCUT2D eigenvalue weighted by Crippen LogP contribution is -2.30. The number of carbonyl (C=O) groups is 2. The Kier molecular flexibility index (Phi) is 5.81. The summed E-state index contributed by atoms with van der Waals surface area (Å²) in [7, 11) is 0. The molecular weight excluding hydrogens is 426 g/mol. The average Bonchev–Trinajstić information content (AvgIpc) is 3.18. The van der Waals surface area contributed by atoms with Crippen LogP contribution in [-0.4, -0.2) is 39.1 Å². The van der Waals surface area contributed by atoms with Crippen molar-refractivity contribution in [2.24, 2.45) is 5.16 Å². The molecule has 0 radical (unpaired) electrons. The van der Waals surface area contributed by atoms with Crippen molar-refractivity contribution >= 4 is 34.1 Å². The predicted octanol–water partition coefficient (Wildman–Crippen LogP) is 3.19. The summed E-state index contributed by atoms with van der Waals surface area (Å²) in [5.74, 6) is -2.34. The fraction of sp³-hybridized carbons (Fsp3) is 0.400. The zero-order valence-corrected chi connectivity index (χ0v) is 18.5. The normalized spacial score (nSPS) is 14.9. The first kappa shape index (κ1) is 22.3. The zero-order valence-electron chi connectivity index (χ0n) is 17.7. The van der Waals surface area contributed by atoms with E-state index >= 15 is 0 Å². The number of oxime groups is 1. The van der Waals surface area contributed by atoms with E-state index in [-0.39, 0.29) is 34.5 Å². The number of ether oxygens (including phenoxy) is 3. The molecule has 1 aliphatic rings. The van der Waals surface area contributed by atoms with Gasteiger partial charge in [-0.25, -0.2) is 14.6 Å². The topological polar surface area (TPSA) is 143 Å². The van der Waals surface area contributed by atoms with E-state index in [1.807, 2.05) is 0 Å². The first-order chi connectivity index (χ1) is 14.4. The van der Waals surface area contributed by atoms with Crippen LogP contribution in [0.25, 0.3) is 0 Å². The number of benzene rings is 1. The Morgan fingerprint density at radius 3 is 2.52 bits per heavy atom. The number of thiazole rings is 1. The maximum Gasteiger partial charge on any atom is 0.360 e. The SMILES string of the molecule is CC(C)(C)OC(=O)c1ccc(CON=C(C(=O)O)c2csc(N)n2)c2c1OC(C)(C)O2. The van der Waals surface area contributed by atoms with Gasteiger partial charge in [-0.05, 0) is 26.8 Å². The number of rotatable bonds is 6. The Morgan fingerprint density at radius 2 is 1.94 bits per heavy atom. The monoisotopic (exact) mass is 449 g/mol. The standard InChI is InChI=1S/C20H23N3O7S/c1-19(2,3)30-17(26)11-7-6-10(14-15(11)29-20(4,5)28-14)8-27-23-13(16(24)25)12-9-31-18(21)22-12/h6-7,9H,8H2,1-5H3,(H2,21,22)(H,24,25).